The predicted molar refractivity (Wildman–Crippen MR) is 53.9 cm³/mol. The van der Waals surface area contributed by atoms with E-state index in [1.54, 1.807) is 0 Å². The van der Waals surface area contributed by atoms with Crippen molar-refractivity contribution < 1.29 is 12.8 Å². The summed E-state index contributed by atoms with van der Waals surface area (Å²) in [5.74, 6) is -0.803. The summed E-state index contributed by atoms with van der Waals surface area (Å²) in [4.78, 5) is 0. The lowest BCUT2D eigenvalue weighted by Crippen LogP contribution is -2.16. The first-order valence-electron chi connectivity index (χ1n) is 4.00. The van der Waals surface area contributed by atoms with Crippen LogP contribution in [0.25, 0.3) is 0 Å². The number of rotatable bonds is 3. The summed E-state index contributed by atoms with van der Waals surface area (Å²) in [5.41, 5.74) is 5.30. The summed E-state index contributed by atoms with van der Waals surface area (Å²) >= 11 is 0. The van der Waals surface area contributed by atoms with Gasteiger partial charge in [-0.05, 0) is 19.1 Å². The van der Waals surface area contributed by atoms with Crippen LogP contribution in [0.5, 0.6) is 0 Å². The number of anilines is 2. The number of benzene rings is 1. The summed E-state index contributed by atoms with van der Waals surface area (Å²) in [6.07, 6.45) is 0. The fourth-order valence-corrected chi connectivity index (χ4v) is 1.55. The van der Waals surface area contributed by atoms with Crippen molar-refractivity contribution in [2.24, 2.45) is 0 Å². The Hall–Kier alpha value is -1.30. The molecule has 1 aromatic carbocycles. The van der Waals surface area contributed by atoms with Crippen LogP contribution in [-0.2, 0) is 10.0 Å². The van der Waals surface area contributed by atoms with Crippen LogP contribution in [0.3, 0.4) is 0 Å². The van der Waals surface area contributed by atoms with Crippen molar-refractivity contribution in [1.29, 1.82) is 0 Å². The Morgan fingerprint density at radius 3 is 2.64 bits per heavy atom. The molecule has 3 N–H and O–H groups in total. The monoisotopic (exact) mass is 218 g/mol. The van der Waals surface area contributed by atoms with Crippen molar-refractivity contribution in [3.05, 3.63) is 24.0 Å². The van der Waals surface area contributed by atoms with Gasteiger partial charge in [0.25, 0.3) is 0 Å². The van der Waals surface area contributed by atoms with Gasteiger partial charge in [0, 0.05) is 0 Å². The number of nitrogens with one attached hydrogen (secondary N) is 1. The van der Waals surface area contributed by atoms with E-state index in [-0.39, 0.29) is 17.1 Å². The lowest BCUT2D eigenvalue weighted by atomic mass is 10.3. The molecule has 0 saturated heterocycles. The highest BCUT2D eigenvalue weighted by molar-refractivity contribution is 7.92. The quantitative estimate of drug-likeness (QED) is 0.748. The van der Waals surface area contributed by atoms with Crippen LogP contribution >= 0.6 is 0 Å². The van der Waals surface area contributed by atoms with E-state index in [1.165, 1.54) is 19.1 Å². The maximum absolute atomic E-state index is 13.1. The molecule has 1 rings (SSSR count). The Balaban J connectivity index is 3.09. The first kappa shape index (κ1) is 10.8. The third-order valence-corrected chi connectivity index (χ3v) is 2.96. The normalized spacial score (nSPS) is 11.3. The van der Waals surface area contributed by atoms with Crippen LogP contribution in [0.1, 0.15) is 6.92 Å². The van der Waals surface area contributed by atoms with E-state index in [1.807, 2.05) is 0 Å². The maximum atomic E-state index is 13.1. The van der Waals surface area contributed by atoms with Gasteiger partial charge in [-0.1, -0.05) is 6.07 Å². The molecule has 0 aliphatic rings. The van der Waals surface area contributed by atoms with E-state index < -0.39 is 15.8 Å². The fraction of sp³-hybridized carbons (Fsp3) is 0.250. The van der Waals surface area contributed by atoms with Crippen LogP contribution in [0.4, 0.5) is 15.8 Å². The molecule has 0 atom stereocenters. The minimum Gasteiger partial charge on any atom is -0.397 e. The molecule has 0 aliphatic heterocycles. The molecule has 0 unspecified atom stereocenters. The summed E-state index contributed by atoms with van der Waals surface area (Å²) in [5, 5.41) is 0. The molecule has 0 radical (unpaired) electrons. The van der Waals surface area contributed by atoms with E-state index in [9.17, 15) is 12.8 Å². The van der Waals surface area contributed by atoms with Gasteiger partial charge < -0.3 is 5.73 Å². The summed E-state index contributed by atoms with van der Waals surface area (Å²) in [6.45, 7) is 1.46. The molecule has 0 bridgehead atoms. The van der Waals surface area contributed by atoms with E-state index in [2.05, 4.69) is 4.72 Å². The number of halogens is 1. The lowest BCUT2D eigenvalue weighted by Gasteiger charge is -2.09. The number of hydrogen-bond acceptors (Lipinski definition) is 3. The number of sulfonamides is 1. The second-order valence-electron chi connectivity index (χ2n) is 2.71. The first-order chi connectivity index (χ1) is 6.46. The molecule has 14 heavy (non-hydrogen) atoms. The van der Waals surface area contributed by atoms with Crippen molar-refractivity contribution in [2.75, 3.05) is 16.2 Å². The second kappa shape index (κ2) is 3.83. The Kier molecular flexibility index (Phi) is 2.95. The van der Waals surface area contributed by atoms with Crippen molar-refractivity contribution in [1.82, 2.24) is 0 Å². The highest BCUT2D eigenvalue weighted by Crippen LogP contribution is 2.22. The Morgan fingerprint density at radius 2 is 2.14 bits per heavy atom. The van der Waals surface area contributed by atoms with E-state index in [0.717, 1.165) is 6.07 Å². The van der Waals surface area contributed by atoms with Crippen LogP contribution in [-0.4, -0.2) is 14.2 Å². The van der Waals surface area contributed by atoms with Gasteiger partial charge >= 0.3 is 0 Å². The maximum Gasteiger partial charge on any atom is 0.232 e. The van der Waals surface area contributed by atoms with Crippen LogP contribution in [0.15, 0.2) is 18.2 Å². The van der Waals surface area contributed by atoms with Crippen LogP contribution in [0, 0.1) is 5.82 Å². The number of nitrogens with two attached hydrogens (primary N) is 1. The fourth-order valence-electron chi connectivity index (χ4n) is 0.876. The van der Waals surface area contributed by atoms with Gasteiger partial charge in [0.15, 0.2) is 0 Å². The summed E-state index contributed by atoms with van der Waals surface area (Å²) < 4.78 is 37.5. The zero-order chi connectivity index (χ0) is 10.8. The van der Waals surface area contributed by atoms with Crippen LogP contribution in [0.2, 0.25) is 0 Å². The van der Waals surface area contributed by atoms with Crippen molar-refractivity contribution in [3.63, 3.8) is 0 Å². The molecule has 6 heteroatoms. The van der Waals surface area contributed by atoms with E-state index in [4.69, 9.17) is 5.73 Å². The molecule has 0 aromatic heterocycles. The molecule has 0 fully saturated rings. The zero-order valence-electron chi connectivity index (χ0n) is 7.62. The third-order valence-electron chi connectivity index (χ3n) is 1.68. The molecule has 1 aromatic rings. The molecule has 0 aliphatic carbocycles. The largest absolute Gasteiger partial charge is 0.397 e. The van der Waals surface area contributed by atoms with E-state index >= 15 is 0 Å². The topological polar surface area (TPSA) is 72.2 Å². The molecule has 0 spiro atoms. The summed E-state index contributed by atoms with van der Waals surface area (Å²) in [6, 6.07) is 3.98. The van der Waals surface area contributed by atoms with Gasteiger partial charge in [0.1, 0.15) is 11.5 Å². The first-order valence-corrected chi connectivity index (χ1v) is 5.66. The molecule has 0 heterocycles. The Bertz CT molecular complexity index is 411. The average molecular weight is 218 g/mol. The van der Waals surface area contributed by atoms with Crippen LogP contribution < -0.4 is 10.5 Å². The minimum absolute atomic E-state index is 0.0713. The van der Waals surface area contributed by atoms with Gasteiger partial charge in [-0.15, -0.1) is 0 Å². The zero-order valence-corrected chi connectivity index (χ0v) is 8.44. The summed E-state index contributed by atoms with van der Waals surface area (Å²) in [7, 11) is -3.49. The SMILES string of the molecule is CCS(=O)(=O)Nc1c(N)cccc1F. The van der Waals surface area contributed by atoms with Gasteiger partial charge in [0.2, 0.25) is 10.0 Å². The van der Waals surface area contributed by atoms with Crippen molar-refractivity contribution in [2.45, 2.75) is 6.92 Å². The molecule has 0 saturated carbocycles. The van der Waals surface area contributed by atoms with Gasteiger partial charge in [-0.25, -0.2) is 12.8 Å². The molecular weight excluding hydrogens is 207 g/mol. The second-order valence-corrected chi connectivity index (χ2v) is 4.72. The molecule has 0 amide bonds. The average Bonchev–Trinajstić information content (AvgIpc) is 2.12. The van der Waals surface area contributed by atoms with Gasteiger partial charge in [-0.3, -0.25) is 4.72 Å². The molecule has 78 valence electrons. The number of nitrogen functional groups attached to an aromatic ring is 1. The Labute approximate surface area is 82.0 Å². The lowest BCUT2D eigenvalue weighted by molar-refractivity contribution is 0.599. The van der Waals surface area contributed by atoms with Crippen molar-refractivity contribution in [3.8, 4) is 0 Å². The minimum atomic E-state index is -3.49. The highest BCUT2D eigenvalue weighted by Gasteiger charge is 2.12. The number of para-hydroxylation sites is 1. The third kappa shape index (κ3) is 2.35. The standard InChI is InChI=1S/C8H11FN2O2S/c1-2-14(12,13)11-8-6(9)4-3-5-7(8)10/h3-5,11H,2,10H2,1H3. The van der Waals surface area contributed by atoms with E-state index in [0.29, 0.717) is 0 Å². The molecule has 4 nitrogen and oxygen atoms in total. The van der Waals surface area contributed by atoms with Crippen molar-refractivity contribution >= 4 is 21.4 Å². The number of hydrogen-bond donors (Lipinski definition) is 2. The van der Waals surface area contributed by atoms with Gasteiger partial charge in [0.05, 0.1) is 11.4 Å². The predicted octanol–water partition coefficient (Wildman–Crippen LogP) is 1.17. The Morgan fingerprint density at radius 1 is 1.50 bits per heavy atom. The highest BCUT2D eigenvalue weighted by atomic mass is 32.2. The smallest absolute Gasteiger partial charge is 0.232 e. The van der Waals surface area contributed by atoms with Gasteiger partial charge in [-0.2, -0.15) is 0 Å². The molecular formula is C8H11FN2O2S.